The number of rotatable bonds is 7. The van der Waals surface area contributed by atoms with Gasteiger partial charge in [0, 0.05) is 12.0 Å². The molecular weight excluding hydrogens is 448 g/mol. The fourth-order valence-electron chi connectivity index (χ4n) is 3.23. The molecule has 0 saturated heterocycles. The number of nitrogens with zero attached hydrogens (tertiary/aromatic N) is 2. The van der Waals surface area contributed by atoms with E-state index in [0.29, 0.717) is 6.42 Å². The molecule has 0 aliphatic rings. The number of allylic oxidation sites excluding steroid dienone is 2. The summed E-state index contributed by atoms with van der Waals surface area (Å²) >= 11 is 0. The van der Waals surface area contributed by atoms with E-state index in [-0.39, 0.29) is 0 Å². The van der Waals surface area contributed by atoms with Crippen molar-refractivity contribution in [3.63, 3.8) is 0 Å². The van der Waals surface area contributed by atoms with Crippen molar-refractivity contribution in [1.29, 1.82) is 0 Å². The highest BCUT2D eigenvalue weighted by molar-refractivity contribution is 5.74. The Balaban J connectivity index is 0.00000159. The van der Waals surface area contributed by atoms with E-state index >= 15 is 0 Å². The van der Waals surface area contributed by atoms with Gasteiger partial charge in [-0.15, -0.1) is 19.4 Å². The molecule has 3 aromatic rings. The summed E-state index contributed by atoms with van der Waals surface area (Å²) in [7, 11) is 1.63. The summed E-state index contributed by atoms with van der Waals surface area (Å²) in [5.74, 6) is -0.658. The third-order valence-electron chi connectivity index (χ3n) is 5.14. The van der Waals surface area contributed by atoms with Crippen molar-refractivity contribution in [3.8, 4) is 35.5 Å². The van der Waals surface area contributed by atoms with Gasteiger partial charge in [-0.2, -0.15) is 5.10 Å². The number of carboxylic acids is 1. The van der Waals surface area contributed by atoms with Gasteiger partial charge in [0.1, 0.15) is 5.75 Å². The molecule has 0 aliphatic carbocycles. The van der Waals surface area contributed by atoms with Crippen LogP contribution in [0.4, 0.5) is 0 Å². The van der Waals surface area contributed by atoms with Gasteiger partial charge in [0.2, 0.25) is 0 Å². The number of carboxylic acid groups (broad SMARTS) is 1. The van der Waals surface area contributed by atoms with Crippen LogP contribution in [0, 0.1) is 25.7 Å². The van der Waals surface area contributed by atoms with Crippen molar-refractivity contribution < 1.29 is 14.6 Å². The summed E-state index contributed by atoms with van der Waals surface area (Å²) in [5.41, 5.74) is 5.59. The van der Waals surface area contributed by atoms with Crippen molar-refractivity contribution >= 4 is 5.97 Å². The average molecular weight is 489 g/mol. The van der Waals surface area contributed by atoms with Gasteiger partial charge >= 0.3 is 5.97 Å². The molecule has 1 heterocycles. The van der Waals surface area contributed by atoms with Crippen LogP contribution in [0.1, 0.15) is 45.9 Å². The van der Waals surface area contributed by atoms with Crippen molar-refractivity contribution in [1.82, 2.24) is 9.78 Å². The summed E-state index contributed by atoms with van der Waals surface area (Å²) in [4.78, 5) is 11.8. The van der Waals surface area contributed by atoms with Crippen molar-refractivity contribution in [2.75, 3.05) is 7.11 Å². The Morgan fingerprint density at radius 2 is 1.64 bits per heavy atom. The molecule has 0 spiro atoms. The molecule has 0 amide bonds. The van der Waals surface area contributed by atoms with Crippen molar-refractivity contribution in [3.05, 3.63) is 90.2 Å². The number of aryl methyl sites for hydroxylation is 1. The van der Waals surface area contributed by atoms with Crippen LogP contribution in [0.3, 0.4) is 0 Å². The lowest BCUT2D eigenvalue weighted by Crippen LogP contribution is -2.18. The van der Waals surface area contributed by atoms with E-state index in [1.54, 1.807) is 13.2 Å². The standard InChI is InChI=1S/C24H26N2O3.C3H6.C2H6.C2H2/c1-5-17(3)22(24(27)28)14-19-15-23(18-8-6-16(2)7-9-18)26(25-19)20-10-12-21(29-4)13-11-20;1-3-2;2*1-2/h5-13,15,22H,14H2,1-4H3,(H,27,28);3H,1H2,2H3;1-2H3;1-2H/b17-5+;;;. The SMILES string of the molecule is C#C.C/C=C(\C)C(Cc1cc(-c2ccc(C)cc2)n(-c2ccc(OC)cc2)n1)C(=O)O.C=CC.CC. The number of hydrogen-bond acceptors (Lipinski definition) is 3. The molecule has 192 valence electrons. The third-order valence-corrected chi connectivity index (χ3v) is 5.14. The van der Waals surface area contributed by atoms with Gasteiger partial charge in [0.25, 0.3) is 0 Å². The lowest BCUT2D eigenvalue weighted by atomic mass is 9.95. The zero-order valence-corrected chi connectivity index (χ0v) is 22.7. The van der Waals surface area contributed by atoms with Crippen LogP contribution in [0.25, 0.3) is 16.9 Å². The molecule has 0 fully saturated rings. The largest absolute Gasteiger partial charge is 0.497 e. The molecule has 1 aromatic heterocycles. The topological polar surface area (TPSA) is 64.4 Å². The maximum Gasteiger partial charge on any atom is 0.311 e. The second-order valence-electron chi connectivity index (χ2n) is 7.53. The summed E-state index contributed by atoms with van der Waals surface area (Å²) in [6, 6.07) is 17.9. The Labute approximate surface area is 217 Å². The number of ether oxygens (including phenoxy) is 1. The predicted octanol–water partition coefficient (Wildman–Crippen LogP) is 7.53. The molecule has 0 saturated carbocycles. The van der Waals surface area contributed by atoms with Crippen LogP contribution < -0.4 is 4.74 Å². The summed E-state index contributed by atoms with van der Waals surface area (Å²) in [6.07, 6.45) is 11.9. The molecule has 1 unspecified atom stereocenters. The number of methoxy groups -OCH3 is 1. The fraction of sp³-hybridized carbons (Fsp3) is 0.290. The normalized spacial score (nSPS) is 10.8. The average Bonchev–Trinajstić information content (AvgIpc) is 3.34. The second kappa shape index (κ2) is 17.4. The highest BCUT2D eigenvalue weighted by atomic mass is 16.5. The third kappa shape index (κ3) is 9.31. The Kier molecular flexibility index (Phi) is 15.5. The maximum absolute atomic E-state index is 11.8. The van der Waals surface area contributed by atoms with Crippen molar-refractivity contribution in [2.24, 2.45) is 5.92 Å². The first-order valence-electron chi connectivity index (χ1n) is 11.9. The molecule has 2 aromatic carbocycles. The second-order valence-corrected chi connectivity index (χ2v) is 7.53. The number of aliphatic carboxylic acids is 1. The quantitative estimate of drug-likeness (QED) is 0.276. The monoisotopic (exact) mass is 488 g/mol. The van der Waals surface area contributed by atoms with Gasteiger partial charge < -0.3 is 9.84 Å². The van der Waals surface area contributed by atoms with Gasteiger partial charge in [0.15, 0.2) is 0 Å². The minimum Gasteiger partial charge on any atom is -0.497 e. The molecule has 0 aliphatic heterocycles. The van der Waals surface area contributed by atoms with Crippen molar-refractivity contribution in [2.45, 2.75) is 48.0 Å². The molecule has 0 radical (unpaired) electrons. The number of carbonyl (C=O) groups is 1. The van der Waals surface area contributed by atoms with E-state index in [0.717, 1.165) is 34.0 Å². The first-order valence-corrected chi connectivity index (χ1v) is 11.9. The van der Waals surface area contributed by atoms with Gasteiger partial charge in [-0.3, -0.25) is 4.79 Å². The lowest BCUT2D eigenvalue weighted by Gasteiger charge is -2.11. The minimum atomic E-state index is -0.837. The summed E-state index contributed by atoms with van der Waals surface area (Å²) in [6.45, 7) is 15.0. The Hall–Kier alpha value is -4.04. The van der Waals surface area contributed by atoms with E-state index in [1.165, 1.54) is 5.56 Å². The summed E-state index contributed by atoms with van der Waals surface area (Å²) in [5, 5.41) is 14.4. The van der Waals surface area contributed by atoms with Gasteiger partial charge in [-0.1, -0.05) is 61.4 Å². The van der Waals surface area contributed by atoms with E-state index in [9.17, 15) is 9.90 Å². The first-order chi connectivity index (χ1) is 17.3. The Morgan fingerprint density at radius 3 is 2.08 bits per heavy atom. The molecule has 0 bridgehead atoms. The Bertz CT molecular complexity index is 1100. The van der Waals surface area contributed by atoms with Crippen LogP contribution in [0.2, 0.25) is 0 Å². The van der Waals surface area contributed by atoms with Gasteiger partial charge in [0.05, 0.1) is 30.1 Å². The lowest BCUT2D eigenvalue weighted by molar-refractivity contribution is -0.140. The van der Waals surface area contributed by atoms with Crippen LogP contribution in [0.5, 0.6) is 5.75 Å². The Morgan fingerprint density at radius 1 is 1.11 bits per heavy atom. The maximum atomic E-state index is 11.8. The van der Waals surface area contributed by atoms with E-state index in [2.05, 4.69) is 43.7 Å². The summed E-state index contributed by atoms with van der Waals surface area (Å²) < 4.78 is 7.12. The predicted molar refractivity (Wildman–Crippen MR) is 152 cm³/mol. The zero-order valence-electron chi connectivity index (χ0n) is 22.7. The molecular formula is C31H40N2O3. The zero-order chi connectivity index (χ0) is 27.7. The van der Waals surface area contributed by atoms with E-state index in [1.807, 2.05) is 82.6 Å². The molecule has 1 N–H and O–H groups in total. The first kappa shape index (κ1) is 32.0. The molecule has 5 nitrogen and oxygen atoms in total. The van der Waals surface area contributed by atoms with Gasteiger partial charge in [-0.05, 0) is 58.0 Å². The van der Waals surface area contributed by atoms with Crippen LogP contribution in [-0.2, 0) is 11.2 Å². The molecule has 1 atom stereocenters. The molecule has 3 rings (SSSR count). The number of benzene rings is 2. The minimum absolute atomic E-state index is 0.341. The molecule has 36 heavy (non-hydrogen) atoms. The fourth-order valence-corrected chi connectivity index (χ4v) is 3.23. The van der Waals surface area contributed by atoms with Crippen LogP contribution >= 0.6 is 0 Å². The van der Waals surface area contributed by atoms with Gasteiger partial charge in [-0.25, -0.2) is 4.68 Å². The van der Waals surface area contributed by atoms with Crippen LogP contribution in [0.15, 0.2) is 78.9 Å². The highest BCUT2D eigenvalue weighted by Gasteiger charge is 2.22. The van der Waals surface area contributed by atoms with E-state index < -0.39 is 11.9 Å². The smallest absolute Gasteiger partial charge is 0.311 e. The number of terminal acetylenes is 1. The molecule has 5 heteroatoms. The van der Waals surface area contributed by atoms with E-state index in [4.69, 9.17) is 9.84 Å². The highest BCUT2D eigenvalue weighted by Crippen LogP contribution is 2.27. The number of aromatic nitrogens is 2. The van der Waals surface area contributed by atoms with Crippen LogP contribution in [-0.4, -0.2) is 28.0 Å². The number of hydrogen-bond donors (Lipinski definition) is 1.